The Labute approximate surface area is 446 Å². The maximum Gasteiger partial charge on any atom is 0.407 e. The number of aromatic nitrogens is 1. The molecule has 4 rings (SSSR count). The van der Waals surface area contributed by atoms with E-state index in [0.717, 1.165) is 11.3 Å². The lowest BCUT2D eigenvalue weighted by atomic mass is 9.94. The zero-order chi connectivity index (χ0) is 56.3. The van der Waals surface area contributed by atoms with E-state index >= 15 is 0 Å². The van der Waals surface area contributed by atoms with Gasteiger partial charge in [0.1, 0.15) is 41.6 Å². The smallest absolute Gasteiger partial charge is 0.407 e. The normalized spacial score (nSPS) is 22.3. The average Bonchev–Trinajstić information content (AvgIpc) is 4.01. The molecule has 0 radical (unpaired) electrons. The van der Waals surface area contributed by atoms with Gasteiger partial charge in [0.05, 0.1) is 49.3 Å². The number of phenolic OH excluding ortho intramolecular Hbond substituents is 1. The molecule has 1 aromatic carbocycles. The monoisotopic (exact) mass is 1090 g/mol. The van der Waals surface area contributed by atoms with Gasteiger partial charge in [-0.25, -0.2) is 4.79 Å². The topological polar surface area (TPSA) is 368 Å². The highest BCUT2D eigenvalue weighted by atomic mass is 32.2. The molecule has 2 fully saturated rings. The minimum Gasteiger partial charge on any atom is -0.508 e. The summed E-state index contributed by atoms with van der Waals surface area (Å²) < 4.78 is 5.23. The molecule has 422 valence electrons. The van der Waals surface area contributed by atoms with E-state index in [1.165, 1.54) is 30.8 Å². The molecule has 0 spiro atoms. The SMILES string of the molecule is CCC(C)C1NC(=O)CNC(=O)C(Cc2c(SC)[nH]c3cc(O)ccc23)NC(=O)C([C@@H](C)C(O)CO)NC(=O)C2CCCN2C(=O)C(CC(=O)NCCCCCCNC(=O)OC(C)(C)C)NC(=O)CNC(=O)CNC1=O. The molecule has 2 aromatic rings. The number of fused-ring (bicyclic) bond motifs is 2. The molecule has 25 nitrogen and oxygen atoms in total. The van der Waals surface area contributed by atoms with Crippen LogP contribution in [-0.4, -0.2) is 179 Å². The first kappa shape index (κ1) is 61.9. The van der Waals surface area contributed by atoms with Crippen LogP contribution in [0.15, 0.2) is 23.2 Å². The van der Waals surface area contributed by atoms with Gasteiger partial charge < -0.3 is 77.8 Å². The largest absolute Gasteiger partial charge is 0.508 e. The Kier molecular flexibility index (Phi) is 24.1. The summed E-state index contributed by atoms with van der Waals surface area (Å²) in [6.07, 6.45) is 2.23. The first-order valence-corrected chi connectivity index (χ1v) is 26.9. The fourth-order valence-corrected chi connectivity index (χ4v) is 9.27. The molecule has 1 aromatic heterocycles. The number of aromatic amines is 1. The average molecular weight is 1090 g/mol. The number of ether oxygens (including phenoxy) is 1. The fourth-order valence-electron chi connectivity index (χ4n) is 8.62. The van der Waals surface area contributed by atoms with E-state index in [9.17, 15) is 63.3 Å². The molecule has 26 heteroatoms. The van der Waals surface area contributed by atoms with Crippen molar-refractivity contribution >= 4 is 81.9 Å². The van der Waals surface area contributed by atoms with Crippen LogP contribution in [0.5, 0.6) is 5.75 Å². The van der Waals surface area contributed by atoms with Gasteiger partial charge in [0.25, 0.3) is 0 Å². The Bertz CT molecular complexity index is 2400. The molecule has 2 aliphatic rings. The second-order valence-electron chi connectivity index (χ2n) is 20.1. The van der Waals surface area contributed by atoms with Gasteiger partial charge in [0.2, 0.25) is 53.2 Å². The zero-order valence-electron chi connectivity index (χ0n) is 44.4. The number of nitrogens with zero attached hydrogens (tertiary/aromatic N) is 1. The number of thioether (sulfide) groups is 1. The Morgan fingerprint density at radius 2 is 1.45 bits per heavy atom. The number of unbranched alkanes of at least 4 members (excludes halogenated alkanes) is 3. The third-order valence-electron chi connectivity index (χ3n) is 13.1. The number of aromatic hydroxyl groups is 1. The van der Waals surface area contributed by atoms with Gasteiger partial charge in [-0.05, 0) is 76.3 Å². The Morgan fingerprint density at radius 1 is 0.803 bits per heavy atom. The molecule has 0 saturated carbocycles. The minimum absolute atomic E-state index is 0.0105. The number of rotatable bonds is 17. The van der Waals surface area contributed by atoms with E-state index in [4.69, 9.17) is 4.74 Å². The summed E-state index contributed by atoms with van der Waals surface area (Å²) >= 11 is 1.28. The number of nitrogens with one attached hydrogen (secondary N) is 10. The predicted molar refractivity (Wildman–Crippen MR) is 279 cm³/mol. The Hall–Kier alpha value is -6.67. The summed E-state index contributed by atoms with van der Waals surface area (Å²) in [6, 6.07) is -2.62. The van der Waals surface area contributed by atoms with Crippen molar-refractivity contribution < 1.29 is 68.0 Å². The van der Waals surface area contributed by atoms with Gasteiger partial charge in [0, 0.05) is 43.4 Å². The number of alkyl carbamates (subject to hydrolysis) is 1. The van der Waals surface area contributed by atoms with Crippen molar-refractivity contribution in [2.24, 2.45) is 11.8 Å². The van der Waals surface area contributed by atoms with E-state index in [1.807, 2.05) is 0 Å². The molecule has 0 bridgehead atoms. The lowest BCUT2D eigenvalue weighted by Gasteiger charge is -2.32. The molecule has 76 heavy (non-hydrogen) atoms. The van der Waals surface area contributed by atoms with Gasteiger partial charge >= 0.3 is 6.09 Å². The molecule has 2 saturated heterocycles. The van der Waals surface area contributed by atoms with Crippen LogP contribution in [0.4, 0.5) is 4.79 Å². The Morgan fingerprint density at radius 3 is 2.11 bits per heavy atom. The molecular weight excluding hydrogens is 1010 g/mol. The highest BCUT2D eigenvalue weighted by molar-refractivity contribution is 7.98. The summed E-state index contributed by atoms with van der Waals surface area (Å²) in [4.78, 5) is 141. The van der Waals surface area contributed by atoms with E-state index < -0.39 is 146 Å². The zero-order valence-corrected chi connectivity index (χ0v) is 45.2. The van der Waals surface area contributed by atoms with Crippen LogP contribution < -0.4 is 47.9 Å². The van der Waals surface area contributed by atoms with Crippen molar-refractivity contribution in [2.45, 2.75) is 146 Å². The second kappa shape index (κ2) is 29.6. The number of aliphatic hydroxyl groups excluding tert-OH is 2. The van der Waals surface area contributed by atoms with Gasteiger partial charge in [-0.15, -0.1) is 11.8 Å². The first-order chi connectivity index (χ1) is 36.0. The molecule has 3 heterocycles. The van der Waals surface area contributed by atoms with Crippen molar-refractivity contribution in [2.75, 3.05) is 52.1 Å². The van der Waals surface area contributed by atoms with Gasteiger partial charge in [0.15, 0.2) is 0 Å². The van der Waals surface area contributed by atoms with E-state index in [1.54, 1.807) is 46.9 Å². The van der Waals surface area contributed by atoms with Crippen molar-refractivity contribution in [3.8, 4) is 5.75 Å². The number of H-pyrrole nitrogens is 1. The summed E-state index contributed by atoms with van der Waals surface area (Å²) in [6.45, 7) is 7.88. The summed E-state index contributed by atoms with van der Waals surface area (Å²) in [5, 5.41) is 55.4. The third kappa shape index (κ3) is 18.9. The number of hydrogen-bond acceptors (Lipinski definition) is 15. The van der Waals surface area contributed by atoms with Crippen LogP contribution in [0.3, 0.4) is 0 Å². The highest BCUT2D eigenvalue weighted by Crippen LogP contribution is 2.32. The van der Waals surface area contributed by atoms with Gasteiger partial charge in [-0.3, -0.25) is 43.2 Å². The molecule has 10 amide bonds. The van der Waals surface area contributed by atoms with Crippen LogP contribution in [-0.2, 0) is 54.3 Å². The summed E-state index contributed by atoms with van der Waals surface area (Å²) in [7, 11) is 0. The molecule has 13 N–H and O–H groups in total. The first-order valence-electron chi connectivity index (χ1n) is 25.7. The maximum atomic E-state index is 14.6. The molecular formula is C50H77N11O14S. The number of carbonyl (C=O) groups excluding carboxylic acids is 10. The molecule has 2 aliphatic heterocycles. The number of aliphatic hydroxyl groups is 2. The minimum atomic E-state index is -1.66. The highest BCUT2D eigenvalue weighted by Gasteiger charge is 2.42. The lowest BCUT2D eigenvalue weighted by Crippen LogP contribution is -2.61. The summed E-state index contributed by atoms with van der Waals surface area (Å²) in [5.41, 5.74) is 0.425. The number of phenols is 1. The standard InChI is InChI=1S/C50H77N11O14S/c1-8-27(2)41-45(71)55-23-38(66)53-24-39(67)56-34(22-37(65)51-17-11-9-10-12-18-52-49(74)75-50(4,5)6)48(73)61-19-13-14-35(61)44(70)60-42(28(3)36(64)26-62)46(72)57-33(43(69)54-25-40(68)59-41)21-31-30-16-15-29(63)20-32(30)58-47(31)76-7/h15-16,20,27-28,33-36,41-42,58,62-64H,8-14,17-19,21-26H2,1-7H3,(H,51,65)(H,52,74)(H,53,66)(H,54,69)(H,55,71)(H,56,67)(H,57,72)(H,59,68)(H,60,70)/t27?,28-,33?,34?,35?,36?,41?,42?/m0/s1. The number of carbonyl (C=O) groups is 10. The van der Waals surface area contributed by atoms with Crippen LogP contribution in [0.2, 0.25) is 0 Å². The van der Waals surface area contributed by atoms with Gasteiger partial charge in [-0.1, -0.05) is 40.0 Å². The van der Waals surface area contributed by atoms with Crippen molar-refractivity contribution in [1.82, 2.24) is 57.7 Å². The number of benzene rings is 1. The van der Waals surface area contributed by atoms with Crippen LogP contribution in [0, 0.1) is 11.8 Å². The van der Waals surface area contributed by atoms with Crippen LogP contribution in [0.25, 0.3) is 10.9 Å². The third-order valence-corrected chi connectivity index (χ3v) is 13.8. The van der Waals surface area contributed by atoms with Crippen molar-refractivity contribution in [3.63, 3.8) is 0 Å². The van der Waals surface area contributed by atoms with E-state index in [-0.39, 0.29) is 38.1 Å². The molecule has 8 atom stereocenters. The lowest BCUT2D eigenvalue weighted by molar-refractivity contribution is -0.143. The summed E-state index contributed by atoms with van der Waals surface area (Å²) in [5.74, 6) is -9.14. The van der Waals surface area contributed by atoms with Gasteiger partial charge in [-0.2, -0.15) is 0 Å². The van der Waals surface area contributed by atoms with E-state index in [0.29, 0.717) is 53.7 Å². The number of amides is 10. The number of hydrogen-bond donors (Lipinski definition) is 13. The molecule has 0 aliphatic carbocycles. The maximum absolute atomic E-state index is 14.6. The predicted octanol–water partition coefficient (Wildman–Crippen LogP) is -0.943. The van der Waals surface area contributed by atoms with E-state index in [2.05, 4.69) is 52.8 Å². The van der Waals surface area contributed by atoms with Crippen molar-refractivity contribution in [1.29, 1.82) is 0 Å². The Balaban J connectivity index is 1.64. The second-order valence-corrected chi connectivity index (χ2v) is 20.9. The molecule has 7 unspecified atom stereocenters. The van der Waals surface area contributed by atoms with Crippen LogP contribution >= 0.6 is 11.8 Å². The van der Waals surface area contributed by atoms with Crippen molar-refractivity contribution in [3.05, 3.63) is 23.8 Å². The van der Waals surface area contributed by atoms with Crippen LogP contribution in [0.1, 0.15) is 98.5 Å². The quantitative estimate of drug-likeness (QED) is 0.0672. The fraction of sp³-hybridized carbons (Fsp3) is 0.640.